The maximum Gasteiger partial charge on any atom is 0.159 e. The normalized spacial score (nSPS) is 11.6. The first-order valence-corrected chi connectivity index (χ1v) is 17.8. The van der Waals surface area contributed by atoms with Gasteiger partial charge in [0.2, 0.25) is 0 Å². The molecule has 0 unspecified atom stereocenters. The number of nitrogens with zero attached hydrogens (tertiary/aromatic N) is 1. The largest absolute Gasteiger partial charge is 0.454 e. The van der Waals surface area contributed by atoms with Gasteiger partial charge in [-0.05, 0) is 91.8 Å². The van der Waals surface area contributed by atoms with E-state index in [1.54, 1.807) is 0 Å². The zero-order valence-corrected chi connectivity index (χ0v) is 28.4. The van der Waals surface area contributed by atoms with Crippen molar-refractivity contribution in [3.63, 3.8) is 0 Å². The van der Waals surface area contributed by atoms with Gasteiger partial charge in [-0.25, -0.2) is 0 Å². The molecule has 1 aliphatic heterocycles. The van der Waals surface area contributed by atoms with E-state index in [0.717, 1.165) is 56.2 Å². The molecule has 0 bridgehead atoms. The molecule has 0 saturated carbocycles. The number of hydrogen-bond donors (Lipinski definition) is 0. The van der Waals surface area contributed by atoms with Gasteiger partial charge < -0.3 is 9.64 Å². The van der Waals surface area contributed by atoms with Crippen molar-refractivity contribution in [3.8, 4) is 56.0 Å². The Kier molecular flexibility index (Phi) is 7.18. The molecule has 0 spiro atoms. The van der Waals surface area contributed by atoms with Crippen molar-refractivity contribution in [2.24, 2.45) is 0 Å². The van der Waals surface area contributed by atoms with E-state index in [0.29, 0.717) is 0 Å². The quantitative estimate of drug-likeness (QED) is 0.182. The van der Waals surface area contributed by atoms with Gasteiger partial charge in [0.05, 0.1) is 5.69 Å². The molecule has 0 radical (unpaired) electrons. The third-order valence-electron chi connectivity index (χ3n) is 10.2. The minimum absolute atomic E-state index is 0.821. The summed E-state index contributed by atoms with van der Waals surface area (Å²) in [6.45, 7) is 0. The van der Waals surface area contributed by atoms with E-state index in [9.17, 15) is 0 Å². The average Bonchev–Trinajstić information content (AvgIpc) is 3.35. The smallest absolute Gasteiger partial charge is 0.159 e. The minimum Gasteiger partial charge on any atom is -0.454 e. The van der Waals surface area contributed by atoms with Crippen molar-refractivity contribution in [1.29, 1.82) is 0 Å². The molecule has 52 heavy (non-hydrogen) atoms. The van der Waals surface area contributed by atoms with Crippen LogP contribution in [0.25, 0.3) is 66.1 Å². The minimum atomic E-state index is 0.821. The lowest BCUT2D eigenvalue weighted by molar-refractivity contribution is 0.489. The summed E-state index contributed by atoms with van der Waals surface area (Å²) in [6, 6.07) is 71.6. The highest BCUT2D eigenvalue weighted by Crippen LogP contribution is 2.55. The van der Waals surface area contributed by atoms with Crippen molar-refractivity contribution >= 4 is 38.6 Å². The molecule has 0 aromatic heterocycles. The molecule has 9 aromatic rings. The van der Waals surface area contributed by atoms with Crippen LogP contribution in [-0.2, 0) is 0 Å². The zero-order chi connectivity index (χ0) is 34.4. The second kappa shape index (κ2) is 12.5. The van der Waals surface area contributed by atoms with Crippen LogP contribution in [0.15, 0.2) is 200 Å². The molecule has 1 aliphatic rings. The number of anilines is 3. The molecule has 10 rings (SSSR count). The Morgan fingerprint density at radius 1 is 0.327 bits per heavy atom. The highest BCUT2D eigenvalue weighted by molar-refractivity contribution is 6.04. The molecule has 1 heterocycles. The monoisotopic (exact) mass is 663 g/mol. The Balaban J connectivity index is 1.25. The van der Waals surface area contributed by atoms with Gasteiger partial charge in [0.1, 0.15) is 5.75 Å². The van der Waals surface area contributed by atoms with E-state index < -0.39 is 0 Å². The van der Waals surface area contributed by atoms with Gasteiger partial charge in [-0.3, -0.25) is 0 Å². The third kappa shape index (κ3) is 5.12. The van der Waals surface area contributed by atoms with E-state index in [4.69, 9.17) is 4.74 Å². The van der Waals surface area contributed by atoms with Crippen LogP contribution >= 0.6 is 0 Å². The Bertz CT molecular complexity index is 2750. The SMILES string of the molecule is c1ccc(-c2ccc(N(c3ccc4ccccc4c3)c3cccc4c3Oc3cc5ccccc5cc3-c3cccc(-c5ccccc5)c3-4)cc2)cc1. The summed E-state index contributed by atoms with van der Waals surface area (Å²) < 4.78 is 7.28. The van der Waals surface area contributed by atoms with Crippen molar-refractivity contribution < 1.29 is 4.74 Å². The molecule has 0 aliphatic carbocycles. The van der Waals surface area contributed by atoms with Gasteiger partial charge >= 0.3 is 0 Å². The lowest BCUT2D eigenvalue weighted by atomic mass is 9.87. The van der Waals surface area contributed by atoms with Crippen LogP contribution in [0.1, 0.15) is 0 Å². The number of fused-ring (bicyclic) bond motifs is 7. The van der Waals surface area contributed by atoms with Crippen LogP contribution in [0.3, 0.4) is 0 Å². The Morgan fingerprint density at radius 2 is 0.885 bits per heavy atom. The van der Waals surface area contributed by atoms with Crippen LogP contribution in [0.5, 0.6) is 11.5 Å². The number of hydrogen-bond acceptors (Lipinski definition) is 2. The lowest BCUT2D eigenvalue weighted by Crippen LogP contribution is -2.11. The second-order valence-electron chi connectivity index (χ2n) is 13.3. The maximum atomic E-state index is 7.28. The van der Waals surface area contributed by atoms with E-state index >= 15 is 0 Å². The van der Waals surface area contributed by atoms with Crippen molar-refractivity contribution in [3.05, 3.63) is 200 Å². The average molecular weight is 664 g/mol. The molecule has 0 fully saturated rings. The highest BCUT2D eigenvalue weighted by Gasteiger charge is 2.28. The Hall–Kier alpha value is -6.90. The summed E-state index contributed by atoms with van der Waals surface area (Å²) in [5, 5.41) is 4.72. The Morgan fingerprint density at radius 3 is 1.63 bits per heavy atom. The van der Waals surface area contributed by atoms with Crippen molar-refractivity contribution in [2.45, 2.75) is 0 Å². The molecular formula is C50H33NO. The molecule has 0 N–H and O–H groups in total. The molecule has 2 heteroatoms. The standard InChI is InChI=1S/C50H33NO/c1-3-13-34(14-4-1)36-25-28-41(29-26-36)51(42-30-27-35-15-7-8-18-38(35)31-42)47-24-12-23-45-49-43(37-16-5-2-6-17-37)21-11-22-44(49)46-32-39-19-9-10-20-40(39)33-48(46)52-50(45)47/h1-33H. The maximum absolute atomic E-state index is 7.28. The molecule has 2 nitrogen and oxygen atoms in total. The van der Waals surface area contributed by atoms with Crippen LogP contribution in [0.4, 0.5) is 17.1 Å². The van der Waals surface area contributed by atoms with Crippen LogP contribution in [0.2, 0.25) is 0 Å². The topological polar surface area (TPSA) is 12.5 Å². The first-order chi connectivity index (χ1) is 25.8. The van der Waals surface area contributed by atoms with E-state index in [1.807, 2.05) is 0 Å². The number of para-hydroxylation sites is 1. The van der Waals surface area contributed by atoms with Gasteiger partial charge in [-0.15, -0.1) is 0 Å². The molecule has 0 atom stereocenters. The van der Waals surface area contributed by atoms with Crippen molar-refractivity contribution in [2.75, 3.05) is 4.90 Å². The van der Waals surface area contributed by atoms with Gasteiger partial charge in [0, 0.05) is 28.1 Å². The molecule has 0 saturated heterocycles. The molecular weight excluding hydrogens is 631 g/mol. The number of rotatable bonds is 5. The van der Waals surface area contributed by atoms with Crippen molar-refractivity contribution in [1.82, 2.24) is 0 Å². The summed E-state index contributed by atoms with van der Waals surface area (Å²) in [5.74, 6) is 1.66. The first kappa shape index (κ1) is 30.0. The van der Waals surface area contributed by atoms with E-state index in [1.165, 1.54) is 38.4 Å². The van der Waals surface area contributed by atoms with Gasteiger partial charge in [0.25, 0.3) is 0 Å². The summed E-state index contributed by atoms with van der Waals surface area (Å²) >= 11 is 0. The highest BCUT2D eigenvalue weighted by atomic mass is 16.5. The summed E-state index contributed by atoms with van der Waals surface area (Å²) in [6.07, 6.45) is 0. The Labute approximate surface area is 303 Å². The summed E-state index contributed by atoms with van der Waals surface area (Å²) in [7, 11) is 0. The summed E-state index contributed by atoms with van der Waals surface area (Å²) in [5.41, 5.74) is 12.2. The molecule has 9 aromatic carbocycles. The van der Waals surface area contributed by atoms with Gasteiger partial charge in [-0.1, -0.05) is 158 Å². The van der Waals surface area contributed by atoms with Crippen LogP contribution in [0, 0.1) is 0 Å². The lowest BCUT2D eigenvalue weighted by Gasteiger charge is -2.29. The number of benzene rings is 9. The third-order valence-corrected chi connectivity index (χ3v) is 10.2. The predicted molar refractivity (Wildman–Crippen MR) is 218 cm³/mol. The first-order valence-electron chi connectivity index (χ1n) is 17.8. The van der Waals surface area contributed by atoms with Gasteiger partial charge in [-0.2, -0.15) is 0 Å². The van der Waals surface area contributed by atoms with E-state index in [-0.39, 0.29) is 0 Å². The van der Waals surface area contributed by atoms with E-state index in [2.05, 4.69) is 205 Å². The molecule has 0 amide bonds. The second-order valence-corrected chi connectivity index (χ2v) is 13.3. The zero-order valence-electron chi connectivity index (χ0n) is 28.4. The fourth-order valence-electron chi connectivity index (χ4n) is 7.73. The number of ether oxygens (including phenoxy) is 1. The summed E-state index contributed by atoms with van der Waals surface area (Å²) in [4.78, 5) is 2.34. The fourth-order valence-corrected chi connectivity index (χ4v) is 7.73. The fraction of sp³-hybridized carbons (Fsp3) is 0. The van der Waals surface area contributed by atoms with Crippen LogP contribution in [-0.4, -0.2) is 0 Å². The van der Waals surface area contributed by atoms with Crippen LogP contribution < -0.4 is 9.64 Å². The predicted octanol–water partition coefficient (Wildman–Crippen LogP) is 14.2. The van der Waals surface area contributed by atoms with Gasteiger partial charge in [0.15, 0.2) is 5.75 Å². The molecule has 244 valence electrons.